The number of rotatable bonds is 4. The van der Waals surface area contributed by atoms with E-state index in [1.807, 2.05) is 30.2 Å². The molecule has 1 aromatic heterocycles. The Morgan fingerprint density at radius 2 is 2.17 bits per heavy atom. The number of thiol groups is 1. The van der Waals surface area contributed by atoms with Crippen molar-refractivity contribution in [2.45, 2.75) is 11.5 Å². The third kappa shape index (κ3) is 2.67. The normalized spacial score (nSPS) is 11.4. The molecule has 2 aromatic rings. The Labute approximate surface area is 109 Å². The minimum Gasteiger partial charge on any atom is -0.486 e. The first-order valence-corrected chi connectivity index (χ1v) is 7.87. The number of aryl methyl sites for hydroxylation is 1. The molecular formula is C13H17FN2OS. The van der Waals surface area contributed by atoms with Gasteiger partial charge in [-0.3, -0.25) is 0 Å². The molecule has 0 aliphatic rings. The first-order valence-electron chi connectivity index (χ1n) is 5.63. The molecule has 0 fully saturated rings. The number of hydrogen-bond acceptors (Lipinski definition) is 2. The fourth-order valence-electron chi connectivity index (χ4n) is 1.72. The number of ether oxygens (including phenoxy) is 1. The summed E-state index contributed by atoms with van der Waals surface area (Å²) < 4.78 is 21.4. The number of nitrogens with zero attached hydrogens (tertiary/aromatic N) is 2. The predicted octanol–water partition coefficient (Wildman–Crippen LogP) is 2.76. The van der Waals surface area contributed by atoms with Crippen LogP contribution in [0.3, 0.4) is 0 Å². The van der Waals surface area contributed by atoms with Crippen molar-refractivity contribution in [1.29, 1.82) is 0 Å². The second kappa shape index (κ2) is 5.44. The topological polar surface area (TPSA) is 27.1 Å². The standard InChI is InChI=1S/C13H17FN2OS/c1-16-9-15-7-10(16)8-17-12-6-4-5-11(14)13(12)18(2)3/h4-7,9,18H,8H2,1-3H3. The summed E-state index contributed by atoms with van der Waals surface area (Å²) in [7, 11) is 1.37. The van der Waals surface area contributed by atoms with E-state index in [0.717, 1.165) is 5.69 Å². The van der Waals surface area contributed by atoms with Crippen LogP contribution in [-0.4, -0.2) is 22.1 Å². The maximum atomic E-state index is 13.8. The zero-order valence-corrected chi connectivity index (χ0v) is 11.6. The van der Waals surface area contributed by atoms with Gasteiger partial charge in [0.25, 0.3) is 0 Å². The van der Waals surface area contributed by atoms with Crippen molar-refractivity contribution in [3.8, 4) is 5.75 Å². The molecule has 0 spiro atoms. The highest BCUT2D eigenvalue weighted by atomic mass is 32.2. The van der Waals surface area contributed by atoms with E-state index in [0.29, 0.717) is 17.3 Å². The van der Waals surface area contributed by atoms with Gasteiger partial charge in [0.15, 0.2) is 0 Å². The molecule has 0 amide bonds. The van der Waals surface area contributed by atoms with E-state index in [-0.39, 0.29) is 5.82 Å². The van der Waals surface area contributed by atoms with Crippen LogP contribution in [0.5, 0.6) is 5.75 Å². The molecule has 1 aromatic carbocycles. The maximum Gasteiger partial charge on any atom is 0.138 e. The van der Waals surface area contributed by atoms with Crippen molar-refractivity contribution < 1.29 is 9.13 Å². The molecule has 2 rings (SSSR count). The Morgan fingerprint density at radius 1 is 1.39 bits per heavy atom. The molecule has 18 heavy (non-hydrogen) atoms. The average Bonchev–Trinajstić information content (AvgIpc) is 2.71. The number of halogens is 1. The van der Waals surface area contributed by atoms with Crippen LogP contribution in [0.4, 0.5) is 4.39 Å². The van der Waals surface area contributed by atoms with E-state index in [2.05, 4.69) is 4.98 Å². The SMILES string of the molecule is Cn1cncc1COc1cccc(F)c1[SH](C)C. The molecule has 0 saturated heterocycles. The third-order valence-corrected chi connectivity index (χ3v) is 4.02. The summed E-state index contributed by atoms with van der Waals surface area (Å²) in [5, 5.41) is 0. The van der Waals surface area contributed by atoms with Gasteiger partial charge < -0.3 is 9.30 Å². The molecule has 0 saturated carbocycles. The molecule has 3 nitrogen and oxygen atoms in total. The van der Waals surface area contributed by atoms with Crippen LogP contribution < -0.4 is 4.74 Å². The maximum absolute atomic E-state index is 13.8. The molecule has 0 atom stereocenters. The second-order valence-electron chi connectivity index (χ2n) is 4.27. The summed E-state index contributed by atoms with van der Waals surface area (Å²) >= 11 is 0. The average molecular weight is 268 g/mol. The number of imidazole rings is 1. The van der Waals surface area contributed by atoms with E-state index in [4.69, 9.17) is 4.74 Å². The Hall–Kier alpha value is -1.49. The quantitative estimate of drug-likeness (QED) is 0.863. The van der Waals surface area contributed by atoms with Crippen LogP contribution in [-0.2, 0) is 13.7 Å². The fraction of sp³-hybridized carbons (Fsp3) is 0.308. The Morgan fingerprint density at radius 3 is 2.78 bits per heavy atom. The van der Waals surface area contributed by atoms with Gasteiger partial charge in [-0.2, -0.15) is 0 Å². The van der Waals surface area contributed by atoms with Crippen LogP contribution in [0.15, 0.2) is 35.6 Å². The van der Waals surface area contributed by atoms with Gasteiger partial charge in [0.2, 0.25) is 0 Å². The van der Waals surface area contributed by atoms with Crippen molar-refractivity contribution >= 4 is 10.9 Å². The van der Waals surface area contributed by atoms with Crippen LogP contribution in [0, 0.1) is 5.82 Å². The van der Waals surface area contributed by atoms with Gasteiger partial charge in [0, 0.05) is 7.05 Å². The van der Waals surface area contributed by atoms with Gasteiger partial charge in [-0.15, -0.1) is 0 Å². The molecule has 0 radical (unpaired) electrons. The molecule has 0 N–H and O–H groups in total. The zero-order chi connectivity index (χ0) is 13.1. The summed E-state index contributed by atoms with van der Waals surface area (Å²) in [6, 6.07) is 4.97. The highest BCUT2D eigenvalue weighted by Crippen LogP contribution is 2.38. The van der Waals surface area contributed by atoms with Crippen molar-refractivity contribution in [2.24, 2.45) is 7.05 Å². The molecular weight excluding hydrogens is 251 g/mol. The van der Waals surface area contributed by atoms with E-state index in [1.54, 1.807) is 18.6 Å². The highest BCUT2D eigenvalue weighted by molar-refractivity contribution is 8.16. The van der Waals surface area contributed by atoms with Gasteiger partial charge in [0.05, 0.1) is 23.1 Å². The fourth-order valence-corrected chi connectivity index (χ4v) is 2.80. The lowest BCUT2D eigenvalue weighted by molar-refractivity contribution is 0.287. The minimum atomic E-state index is -0.536. The van der Waals surface area contributed by atoms with Crippen molar-refractivity contribution in [3.05, 3.63) is 42.2 Å². The van der Waals surface area contributed by atoms with Gasteiger partial charge in [-0.25, -0.2) is 20.3 Å². The Balaban J connectivity index is 2.19. The number of aromatic nitrogens is 2. The minimum absolute atomic E-state index is 0.186. The molecule has 0 aliphatic heterocycles. The van der Waals surface area contributed by atoms with Crippen molar-refractivity contribution in [2.75, 3.05) is 12.5 Å². The monoisotopic (exact) mass is 268 g/mol. The second-order valence-corrected chi connectivity index (χ2v) is 6.50. The van der Waals surface area contributed by atoms with E-state index in [9.17, 15) is 4.39 Å². The van der Waals surface area contributed by atoms with E-state index < -0.39 is 10.9 Å². The lowest BCUT2D eigenvalue weighted by Crippen LogP contribution is -2.03. The lowest BCUT2D eigenvalue weighted by Gasteiger charge is -2.17. The highest BCUT2D eigenvalue weighted by Gasteiger charge is 2.11. The third-order valence-electron chi connectivity index (χ3n) is 2.69. The summed E-state index contributed by atoms with van der Waals surface area (Å²) in [6.45, 7) is 0.399. The number of hydrogen-bond donors (Lipinski definition) is 1. The Kier molecular flexibility index (Phi) is 3.91. The first kappa shape index (κ1) is 13.0. The van der Waals surface area contributed by atoms with Crippen LogP contribution in [0.1, 0.15) is 5.69 Å². The lowest BCUT2D eigenvalue weighted by atomic mass is 10.3. The van der Waals surface area contributed by atoms with E-state index in [1.165, 1.54) is 6.07 Å². The van der Waals surface area contributed by atoms with Gasteiger partial charge in [-0.05, 0) is 24.6 Å². The Bertz CT molecular complexity index is 540. The van der Waals surface area contributed by atoms with Crippen molar-refractivity contribution in [1.82, 2.24) is 9.55 Å². The summed E-state index contributed by atoms with van der Waals surface area (Å²) in [5.74, 6) is 0.445. The molecule has 0 bridgehead atoms. The van der Waals surface area contributed by atoms with E-state index >= 15 is 0 Å². The smallest absolute Gasteiger partial charge is 0.138 e. The molecule has 0 aliphatic carbocycles. The van der Waals surface area contributed by atoms with Crippen LogP contribution >= 0.6 is 10.9 Å². The molecule has 5 heteroatoms. The zero-order valence-electron chi connectivity index (χ0n) is 10.7. The predicted molar refractivity (Wildman–Crippen MR) is 73.0 cm³/mol. The molecule has 98 valence electrons. The van der Waals surface area contributed by atoms with Crippen molar-refractivity contribution in [3.63, 3.8) is 0 Å². The van der Waals surface area contributed by atoms with Gasteiger partial charge in [-0.1, -0.05) is 6.07 Å². The van der Waals surface area contributed by atoms with Gasteiger partial charge >= 0.3 is 0 Å². The summed E-state index contributed by atoms with van der Waals surface area (Å²) in [5.41, 5.74) is 0.960. The number of benzene rings is 1. The molecule has 1 heterocycles. The van der Waals surface area contributed by atoms with Gasteiger partial charge in [0.1, 0.15) is 18.2 Å². The largest absolute Gasteiger partial charge is 0.486 e. The van der Waals surface area contributed by atoms with Crippen LogP contribution in [0.25, 0.3) is 0 Å². The first-order chi connectivity index (χ1) is 8.59. The van der Waals surface area contributed by atoms with Crippen LogP contribution in [0.2, 0.25) is 0 Å². The molecule has 0 unspecified atom stereocenters. The summed E-state index contributed by atoms with van der Waals surface area (Å²) in [6.07, 6.45) is 7.51. The summed E-state index contributed by atoms with van der Waals surface area (Å²) in [4.78, 5) is 4.71.